The summed E-state index contributed by atoms with van der Waals surface area (Å²) in [4.78, 5) is 0. The van der Waals surface area contributed by atoms with E-state index in [4.69, 9.17) is 9.47 Å². The van der Waals surface area contributed by atoms with Crippen LogP contribution in [0.1, 0.15) is 65.2 Å². The first-order valence-corrected chi connectivity index (χ1v) is 11.3. The van der Waals surface area contributed by atoms with Crippen molar-refractivity contribution in [3.8, 4) is 0 Å². The molecule has 0 aromatic carbocycles. The molecule has 1 saturated heterocycles. The van der Waals surface area contributed by atoms with E-state index >= 15 is 4.39 Å². The zero-order valence-corrected chi connectivity index (χ0v) is 16.5. The largest absolute Gasteiger partial charge is 0.375 e. The van der Waals surface area contributed by atoms with Gasteiger partial charge in [-0.05, 0) is 50.9 Å². The quantitative estimate of drug-likeness (QED) is 0.533. The van der Waals surface area contributed by atoms with Crippen LogP contribution in [0.25, 0.3) is 0 Å². The Labute approximate surface area is 155 Å². The van der Waals surface area contributed by atoms with E-state index < -0.39 is 12.3 Å². The molecule has 0 spiro atoms. The van der Waals surface area contributed by atoms with Crippen molar-refractivity contribution in [1.82, 2.24) is 0 Å². The monoisotopic (exact) mass is 376 g/mol. The fraction of sp³-hybridized carbons (Fsp3) is 1.00. The minimum absolute atomic E-state index is 0.0805. The van der Waals surface area contributed by atoms with Crippen LogP contribution in [-0.2, 0) is 9.47 Å². The second-order valence-electron chi connectivity index (χ2n) is 7.90. The van der Waals surface area contributed by atoms with E-state index in [1.54, 1.807) is 11.8 Å². The lowest BCUT2D eigenvalue weighted by molar-refractivity contribution is -0.0529. The molecule has 0 bridgehead atoms. The summed E-state index contributed by atoms with van der Waals surface area (Å²) in [5.41, 5.74) is 0. The van der Waals surface area contributed by atoms with E-state index in [9.17, 15) is 4.39 Å². The highest BCUT2D eigenvalue weighted by atomic mass is 32.2. The lowest BCUT2D eigenvalue weighted by Gasteiger charge is -2.38. The Hall–Kier alpha value is 0.130. The highest BCUT2D eigenvalue weighted by molar-refractivity contribution is 8.00. The summed E-state index contributed by atoms with van der Waals surface area (Å²) in [7, 11) is 0. The average molecular weight is 377 g/mol. The highest BCUT2D eigenvalue weighted by Gasteiger charge is 2.56. The number of hydrogen-bond donors (Lipinski definition) is 0. The van der Waals surface area contributed by atoms with E-state index in [0.29, 0.717) is 25.0 Å². The highest BCUT2D eigenvalue weighted by Crippen LogP contribution is 2.56. The van der Waals surface area contributed by atoms with E-state index in [1.165, 1.54) is 12.8 Å². The molecule has 0 N–H and O–H groups in total. The summed E-state index contributed by atoms with van der Waals surface area (Å²) in [6, 6.07) is 0. The number of rotatable bonds is 8. The first-order valence-electron chi connectivity index (χ1n) is 10.3. The van der Waals surface area contributed by atoms with Crippen molar-refractivity contribution in [2.45, 2.75) is 100 Å². The maximum atomic E-state index is 15.1. The van der Waals surface area contributed by atoms with Gasteiger partial charge in [0.1, 0.15) is 12.3 Å². The molecule has 0 aromatic heterocycles. The predicted octanol–water partition coefficient (Wildman–Crippen LogP) is 5.34. The molecule has 3 rings (SSSR count). The van der Waals surface area contributed by atoms with Gasteiger partial charge in [-0.3, -0.25) is 0 Å². The van der Waals surface area contributed by atoms with Crippen molar-refractivity contribution < 1.29 is 18.3 Å². The maximum Gasteiger partial charge on any atom is 0.138 e. The molecule has 2 saturated carbocycles. The van der Waals surface area contributed by atoms with Gasteiger partial charge in [-0.15, -0.1) is 11.8 Å². The Morgan fingerprint density at radius 3 is 1.96 bits per heavy atom. The molecule has 1 aliphatic heterocycles. The van der Waals surface area contributed by atoms with Crippen molar-refractivity contribution >= 4 is 11.8 Å². The van der Waals surface area contributed by atoms with Crippen LogP contribution in [-0.4, -0.2) is 48.3 Å². The summed E-state index contributed by atoms with van der Waals surface area (Å²) in [5.74, 6) is 0.649. The average Bonchev–Trinajstić information content (AvgIpc) is 2.99. The maximum absolute atomic E-state index is 15.1. The van der Waals surface area contributed by atoms with E-state index in [2.05, 4.69) is 6.92 Å². The SMILES string of the molecule is CCCCCCOC1CCC2C3CCC(OCC)C(F)C3SC2C1F. The van der Waals surface area contributed by atoms with Crippen molar-refractivity contribution in [3.63, 3.8) is 0 Å². The molecular weight excluding hydrogens is 342 g/mol. The van der Waals surface area contributed by atoms with Gasteiger partial charge in [0.25, 0.3) is 0 Å². The van der Waals surface area contributed by atoms with Gasteiger partial charge in [-0.25, -0.2) is 8.78 Å². The van der Waals surface area contributed by atoms with Crippen molar-refractivity contribution in [2.75, 3.05) is 13.2 Å². The zero-order chi connectivity index (χ0) is 17.8. The van der Waals surface area contributed by atoms with Crippen LogP contribution in [0.15, 0.2) is 0 Å². The van der Waals surface area contributed by atoms with Gasteiger partial charge in [0, 0.05) is 23.7 Å². The second-order valence-corrected chi connectivity index (χ2v) is 9.26. The topological polar surface area (TPSA) is 18.5 Å². The number of ether oxygens (including phenoxy) is 2. The molecule has 25 heavy (non-hydrogen) atoms. The minimum Gasteiger partial charge on any atom is -0.375 e. The van der Waals surface area contributed by atoms with Gasteiger partial charge in [0.15, 0.2) is 0 Å². The summed E-state index contributed by atoms with van der Waals surface area (Å²) < 4.78 is 41.4. The van der Waals surface area contributed by atoms with Crippen LogP contribution < -0.4 is 0 Å². The molecule has 2 aliphatic carbocycles. The lowest BCUT2D eigenvalue weighted by Crippen LogP contribution is -2.45. The number of thioether (sulfide) groups is 1. The molecular formula is C20H34F2O2S. The Morgan fingerprint density at radius 1 is 0.800 bits per heavy atom. The van der Waals surface area contributed by atoms with Crippen molar-refractivity contribution in [3.05, 3.63) is 0 Å². The number of alkyl halides is 2. The predicted molar refractivity (Wildman–Crippen MR) is 99.7 cm³/mol. The van der Waals surface area contributed by atoms with Crippen LogP contribution in [0, 0.1) is 11.8 Å². The van der Waals surface area contributed by atoms with Gasteiger partial charge in [-0.1, -0.05) is 26.2 Å². The second kappa shape index (κ2) is 9.36. The van der Waals surface area contributed by atoms with Crippen molar-refractivity contribution in [1.29, 1.82) is 0 Å². The number of unbranched alkanes of at least 4 members (excludes halogenated alkanes) is 3. The number of halogens is 2. The summed E-state index contributed by atoms with van der Waals surface area (Å²) in [6.07, 6.45) is 5.69. The molecule has 5 heteroatoms. The third kappa shape index (κ3) is 4.35. The standard InChI is InChI=1S/C20H34F2O2S/c1-3-5-6-7-12-24-16-11-9-14-13-8-10-15(23-4-2)17(21)19(13)25-20(14)18(16)22/h13-20H,3-12H2,1-2H3. The molecule has 8 atom stereocenters. The molecule has 3 aliphatic rings. The van der Waals surface area contributed by atoms with Crippen LogP contribution in [0.5, 0.6) is 0 Å². The molecule has 0 radical (unpaired) electrons. The Morgan fingerprint density at radius 2 is 1.40 bits per heavy atom. The van der Waals surface area contributed by atoms with E-state index in [1.807, 2.05) is 6.92 Å². The third-order valence-corrected chi connectivity index (χ3v) is 8.17. The minimum atomic E-state index is -0.949. The normalized spacial score (nSPS) is 43.7. The fourth-order valence-corrected chi connectivity index (χ4v) is 7.13. The lowest BCUT2D eigenvalue weighted by atomic mass is 9.71. The van der Waals surface area contributed by atoms with Gasteiger partial charge in [-0.2, -0.15) is 0 Å². The van der Waals surface area contributed by atoms with Crippen molar-refractivity contribution in [2.24, 2.45) is 11.8 Å². The molecule has 3 fully saturated rings. The third-order valence-electron chi connectivity index (χ3n) is 6.33. The molecule has 8 unspecified atom stereocenters. The number of hydrogen-bond acceptors (Lipinski definition) is 3. The number of fused-ring (bicyclic) bond motifs is 3. The van der Waals surface area contributed by atoms with E-state index in [-0.39, 0.29) is 22.7 Å². The molecule has 0 amide bonds. The Kier molecular flexibility index (Phi) is 7.45. The first-order chi connectivity index (χ1) is 12.2. The summed E-state index contributed by atoms with van der Waals surface area (Å²) >= 11 is 1.57. The zero-order valence-electron chi connectivity index (χ0n) is 15.7. The molecule has 2 nitrogen and oxygen atoms in total. The molecule has 1 heterocycles. The van der Waals surface area contributed by atoms with Crippen LogP contribution in [0.3, 0.4) is 0 Å². The smallest absolute Gasteiger partial charge is 0.138 e. The first kappa shape index (κ1) is 19.9. The van der Waals surface area contributed by atoms with Gasteiger partial charge in [0.05, 0.1) is 12.2 Å². The Bertz CT molecular complexity index is 411. The van der Waals surface area contributed by atoms with Crippen LogP contribution in [0.2, 0.25) is 0 Å². The summed E-state index contributed by atoms with van der Waals surface area (Å²) in [5, 5.41) is -0.162. The van der Waals surface area contributed by atoms with E-state index in [0.717, 1.165) is 38.5 Å². The Balaban J connectivity index is 1.53. The van der Waals surface area contributed by atoms with Crippen LogP contribution in [0.4, 0.5) is 8.78 Å². The fourth-order valence-electron chi connectivity index (χ4n) is 5.03. The molecule has 0 aromatic rings. The van der Waals surface area contributed by atoms with Gasteiger partial charge < -0.3 is 9.47 Å². The van der Waals surface area contributed by atoms with Crippen LogP contribution >= 0.6 is 11.8 Å². The summed E-state index contributed by atoms with van der Waals surface area (Å²) in [6.45, 7) is 5.32. The molecule has 146 valence electrons. The van der Waals surface area contributed by atoms with Gasteiger partial charge in [0.2, 0.25) is 0 Å². The van der Waals surface area contributed by atoms with Gasteiger partial charge >= 0.3 is 0 Å².